The fourth-order valence-corrected chi connectivity index (χ4v) is 3.98. The van der Waals surface area contributed by atoms with Crippen LogP contribution in [-0.2, 0) is 0 Å². The molecular weight excluding hydrogens is 405 g/mol. The predicted octanol–water partition coefficient (Wildman–Crippen LogP) is 9.09. The molecule has 0 fully saturated rings. The number of allylic oxidation sites excluding steroid dienone is 4. The number of benzene rings is 1. The lowest BCUT2D eigenvalue weighted by Gasteiger charge is -2.28. The van der Waals surface area contributed by atoms with E-state index in [0.717, 1.165) is 23.3 Å². The Balaban J connectivity index is 2.70. The first kappa shape index (κ1) is 28.7. The summed E-state index contributed by atoms with van der Waals surface area (Å²) in [5, 5.41) is 3.50. The Kier molecular flexibility index (Phi) is 11.1. The van der Waals surface area contributed by atoms with Gasteiger partial charge in [0.2, 0.25) is 0 Å². The number of hydrogen-bond donors (Lipinski definition) is 1. The van der Waals surface area contributed by atoms with E-state index in [4.69, 9.17) is 0 Å². The Morgan fingerprint density at radius 3 is 2.30 bits per heavy atom. The number of rotatable bonds is 13. The molecule has 1 rings (SSSR count). The monoisotopic (exact) mass is 451 g/mol. The molecular formula is C31H46FN. The van der Waals surface area contributed by atoms with Gasteiger partial charge in [-0.1, -0.05) is 89.9 Å². The van der Waals surface area contributed by atoms with Crippen LogP contribution in [0.5, 0.6) is 0 Å². The number of aryl methyl sites for hydroxylation is 1. The molecule has 0 aliphatic rings. The smallest absolute Gasteiger partial charge is 0.111 e. The van der Waals surface area contributed by atoms with E-state index in [1.54, 1.807) is 6.92 Å². The summed E-state index contributed by atoms with van der Waals surface area (Å²) in [6, 6.07) is 6.62. The summed E-state index contributed by atoms with van der Waals surface area (Å²) in [5.41, 5.74) is 5.65. The zero-order chi connectivity index (χ0) is 25.3. The minimum atomic E-state index is -1.17. The summed E-state index contributed by atoms with van der Waals surface area (Å²) in [6.45, 7) is 28.5. The molecule has 0 radical (unpaired) electrons. The van der Waals surface area contributed by atoms with E-state index < -0.39 is 5.67 Å². The average Bonchev–Trinajstić information content (AvgIpc) is 2.73. The summed E-state index contributed by atoms with van der Waals surface area (Å²) in [7, 11) is 0. The molecule has 0 saturated carbocycles. The van der Waals surface area contributed by atoms with Gasteiger partial charge in [-0.2, -0.15) is 0 Å². The maximum atomic E-state index is 14.8. The minimum absolute atomic E-state index is 0.00195. The summed E-state index contributed by atoms with van der Waals surface area (Å²) in [6.07, 6.45) is 9.46. The fraction of sp³-hybridized carbons (Fsp3) is 0.484. The third-order valence-electron chi connectivity index (χ3n) is 6.92. The second kappa shape index (κ2) is 12.8. The van der Waals surface area contributed by atoms with E-state index in [1.807, 2.05) is 32.9 Å². The third-order valence-corrected chi connectivity index (χ3v) is 6.92. The Morgan fingerprint density at radius 1 is 1.12 bits per heavy atom. The SMILES string of the molecule is C=Cc1cc(C(C)CC(=C)NC(C)C(=C)/C=C\C(=C/C)C(C)CC(C)(F)C(C)C)ccc1C. The van der Waals surface area contributed by atoms with Crippen molar-refractivity contribution in [3.8, 4) is 0 Å². The van der Waals surface area contributed by atoms with E-state index in [1.165, 1.54) is 16.7 Å². The summed E-state index contributed by atoms with van der Waals surface area (Å²) in [5.74, 6) is 0.496. The molecule has 2 heteroatoms. The van der Waals surface area contributed by atoms with Crippen LogP contribution >= 0.6 is 0 Å². The highest BCUT2D eigenvalue weighted by Gasteiger charge is 2.30. The van der Waals surface area contributed by atoms with Crippen LogP contribution in [0.15, 0.2) is 73.0 Å². The van der Waals surface area contributed by atoms with Gasteiger partial charge in [-0.05, 0) is 86.1 Å². The molecule has 0 heterocycles. The van der Waals surface area contributed by atoms with Gasteiger partial charge in [0.25, 0.3) is 0 Å². The number of hydrogen-bond acceptors (Lipinski definition) is 1. The highest BCUT2D eigenvalue weighted by Crippen LogP contribution is 2.32. The molecule has 0 amide bonds. The Morgan fingerprint density at radius 2 is 1.76 bits per heavy atom. The first-order valence-corrected chi connectivity index (χ1v) is 12.2. The molecule has 4 unspecified atom stereocenters. The van der Waals surface area contributed by atoms with Crippen molar-refractivity contribution in [2.24, 2.45) is 11.8 Å². The van der Waals surface area contributed by atoms with Gasteiger partial charge in [0, 0.05) is 11.7 Å². The molecule has 33 heavy (non-hydrogen) atoms. The molecule has 0 bridgehead atoms. The second-order valence-corrected chi connectivity index (χ2v) is 10.1. The lowest BCUT2D eigenvalue weighted by atomic mass is 9.82. The van der Waals surface area contributed by atoms with E-state index in [2.05, 4.69) is 83.1 Å². The summed E-state index contributed by atoms with van der Waals surface area (Å²) < 4.78 is 14.8. The van der Waals surface area contributed by atoms with Crippen LogP contribution in [0.25, 0.3) is 6.08 Å². The Labute approximate surface area is 203 Å². The van der Waals surface area contributed by atoms with E-state index in [9.17, 15) is 4.39 Å². The maximum Gasteiger partial charge on any atom is 0.111 e. The van der Waals surface area contributed by atoms with Crippen molar-refractivity contribution >= 4 is 6.08 Å². The average molecular weight is 452 g/mol. The molecule has 0 aliphatic heterocycles. The second-order valence-electron chi connectivity index (χ2n) is 10.1. The maximum absolute atomic E-state index is 14.8. The zero-order valence-electron chi connectivity index (χ0n) is 22.3. The zero-order valence-corrected chi connectivity index (χ0v) is 22.3. The van der Waals surface area contributed by atoms with Gasteiger partial charge in [-0.3, -0.25) is 0 Å². The molecule has 1 nitrogen and oxygen atoms in total. The highest BCUT2D eigenvalue weighted by molar-refractivity contribution is 5.53. The molecule has 0 aromatic heterocycles. The number of nitrogens with one attached hydrogen (secondary N) is 1. The van der Waals surface area contributed by atoms with Crippen LogP contribution in [0.3, 0.4) is 0 Å². The standard InChI is InChI=1S/C31H46FN/c1-12-28(25(8)20-31(11,32)21(3)4)16-14-22(5)27(10)33-26(9)18-24(7)30-17-15-23(6)29(13-2)19-30/h12-17,19,21,24-25,27,33H,2,5,9,18,20H2,1,3-4,6-8,10-11H3/b16-14-,28-12+. The molecule has 1 aromatic rings. The van der Waals surface area contributed by atoms with Gasteiger partial charge in [0.05, 0.1) is 0 Å². The van der Waals surface area contributed by atoms with Gasteiger partial charge in [-0.25, -0.2) is 4.39 Å². The number of alkyl halides is 1. The van der Waals surface area contributed by atoms with Gasteiger partial charge in [0.15, 0.2) is 0 Å². The molecule has 1 N–H and O–H groups in total. The first-order valence-electron chi connectivity index (χ1n) is 12.2. The van der Waals surface area contributed by atoms with Crippen LogP contribution in [0, 0.1) is 18.8 Å². The van der Waals surface area contributed by atoms with Gasteiger partial charge in [0.1, 0.15) is 5.67 Å². The van der Waals surface area contributed by atoms with Gasteiger partial charge >= 0.3 is 0 Å². The summed E-state index contributed by atoms with van der Waals surface area (Å²) >= 11 is 0. The molecule has 1 aromatic carbocycles. The molecule has 0 saturated heterocycles. The van der Waals surface area contributed by atoms with E-state index in [-0.39, 0.29) is 17.9 Å². The molecule has 182 valence electrons. The van der Waals surface area contributed by atoms with E-state index >= 15 is 0 Å². The Bertz CT molecular complexity index is 884. The fourth-order valence-electron chi connectivity index (χ4n) is 3.98. The van der Waals surface area contributed by atoms with Gasteiger partial charge in [-0.15, -0.1) is 0 Å². The lowest BCUT2D eigenvalue weighted by molar-refractivity contribution is 0.0986. The van der Waals surface area contributed by atoms with Crippen LogP contribution in [0.4, 0.5) is 4.39 Å². The Hall–Kier alpha value is -2.35. The van der Waals surface area contributed by atoms with Crippen molar-refractivity contribution in [1.29, 1.82) is 0 Å². The first-order chi connectivity index (χ1) is 15.3. The van der Waals surface area contributed by atoms with E-state index in [0.29, 0.717) is 12.3 Å². The van der Waals surface area contributed by atoms with Crippen molar-refractivity contribution in [1.82, 2.24) is 5.32 Å². The van der Waals surface area contributed by atoms with Crippen LogP contribution in [0.1, 0.15) is 83.9 Å². The highest BCUT2D eigenvalue weighted by atomic mass is 19.1. The molecule has 4 atom stereocenters. The predicted molar refractivity (Wildman–Crippen MR) is 146 cm³/mol. The van der Waals surface area contributed by atoms with Gasteiger partial charge < -0.3 is 5.32 Å². The normalized spacial score (nSPS) is 16.8. The van der Waals surface area contributed by atoms with Crippen LogP contribution in [0.2, 0.25) is 0 Å². The quantitative estimate of drug-likeness (QED) is 0.295. The van der Waals surface area contributed by atoms with Crippen molar-refractivity contribution in [2.45, 2.75) is 85.9 Å². The molecule has 0 spiro atoms. The third kappa shape index (κ3) is 8.84. The van der Waals surface area contributed by atoms with Crippen molar-refractivity contribution < 1.29 is 4.39 Å². The number of halogens is 1. The van der Waals surface area contributed by atoms with Crippen LogP contribution < -0.4 is 5.32 Å². The lowest BCUT2D eigenvalue weighted by Crippen LogP contribution is -2.28. The van der Waals surface area contributed by atoms with Crippen molar-refractivity contribution in [2.75, 3.05) is 0 Å². The minimum Gasteiger partial charge on any atom is -0.382 e. The summed E-state index contributed by atoms with van der Waals surface area (Å²) in [4.78, 5) is 0. The van der Waals surface area contributed by atoms with Crippen molar-refractivity contribution in [3.63, 3.8) is 0 Å². The largest absolute Gasteiger partial charge is 0.382 e. The molecule has 0 aliphatic carbocycles. The van der Waals surface area contributed by atoms with Crippen molar-refractivity contribution in [3.05, 3.63) is 89.7 Å². The van der Waals surface area contributed by atoms with Crippen LogP contribution in [-0.4, -0.2) is 11.7 Å². The topological polar surface area (TPSA) is 12.0 Å².